The Morgan fingerprint density at radius 1 is 1.18 bits per heavy atom. The molecule has 0 unspecified atom stereocenters. The Kier molecular flexibility index (Phi) is 3.28. The Balaban J connectivity index is 3.08. The quantitative estimate of drug-likeness (QED) is 0.709. The number of primary amides is 1. The zero-order valence-electron chi connectivity index (χ0n) is 10.9. The first-order valence-corrected chi connectivity index (χ1v) is 5.73. The van der Waals surface area contributed by atoms with Gasteiger partial charge in [-0.05, 0) is 30.1 Å². The smallest absolute Gasteiger partial charge is 0.348 e. The van der Waals surface area contributed by atoms with Crippen LogP contribution in [0.3, 0.4) is 0 Å². The van der Waals surface area contributed by atoms with Crippen molar-refractivity contribution in [3.63, 3.8) is 0 Å². The molecule has 5 heteroatoms. The van der Waals surface area contributed by atoms with E-state index in [1.807, 2.05) is 0 Å². The number of urea groups is 1. The van der Waals surface area contributed by atoms with E-state index in [4.69, 9.17) is 5.73 Å². The van der Waals surface area contributed by atoms with Gasteiger partial charge in [0.1, 0.15) is 0 Å². The average Bonchev–Trinajstić information content (AvgIpc) is 2.10. The third-order valence-corrected chi connectivity index (χ3v) is 3.05. The maximum Gasteiger partial charge on any atom is 0.356 e. The molecule has 1 rings (SSSR count). The van der Waals surface area contributed by atoms with E-state index >= 15 is 0 Å². The van der Waals surface area contributed by atoms with Crippen LogP contribution >= 0.6 is 0 Å². The van der Waals surface area contributed by atoms with Crippen molar-refractivity contribution in [1.82, 2.24) is 0 Å². The highest BCUT2D eigenvalue weighted by atomic mass is 16.2. The Labute approximate surface area is 102 Å². The van der Waals surface area contributed by atoms with Gasteiger partial charge in [0.15, 0.2) is 5.54 Å². The zero-order valence-corrected chi connectivity index (χ0v) is 10.9. The molecule has 17 heavy (non-hydrogen) atoms. The molecule has 2 N–H and O–H groups in total. The van der Waals surface area contributed by atoms with Crippen molar-refractivity contribution >= 4 is 6.03 Å². The molecule has 1 fully saturated rings. The molecule has 0 spiro atoms. The van der Waals surface area contributed by atoms with E-state index in [1.54, 1.807) is 0 Å². The van der Waals surface area contributed by atoms with Crippen molar-refractivity contribution in [3.8, 4) is 6.07 Å². The summed E-state index contributed by atoms with van der Waals surface area (Å²) in [6, 6.07) is 1.37. The number of carbonyl (C=O) groups excluding carboxylic acids is 1. The summed E-state index contributed by atoms with van der Waals surface area (Å²) in [5.74, 6) is 0. The molecule has 5 nitrogen and oxygen atoms in total. The second-order valence-electron chi connectivity index (χ2n) is 6.54. The third-order valence-electron chi connectivity index (χ3n) is 3.05. The van der Waals surface area contributed by atoms with Crippen LogP contribution in [0.2, 0.25) is 0 Å². The molecule has 0 saturated heterocycles. The number of hydrogen-bond donors (Lipinski definition) is 1. The molecule has 1 aliphatic rings. The van der Waals surface area contributed by atoms with Crippen molar-refractivity contribution in [2.45, 2.75) is 52.5 Å². The van der Waals surface area contributed by atoms with Crippen LogP contribution in [0.5, 0.6) is 0 Å². The van der Waals surface area contributed by atoms with E-state index in [0.29, 0.717) is 12.8 Å². The molecule has 0 aliphatic heterocycles. The highest BCUT2D eigenvalue weighted by Gasteiger charge is 2.48. The number of carbonyl (C=O) groups is 1. The lowest BCUT2D eigenvalue weighted by Crippen LogP contribution is -2.44. The second kappa shape index (κ2) is 4.10. The summed E-state index contributed by atoms with van der Waals surface area (Å²) in [6.07, 6.45) is 2.24. The number of amides is 2. The Bertz CT molecular complexity index is 374. The van der Waals surface area contributed by atoms with Crippen molar-refractivity contribution in [2.24, 2.45) is 26.8 Å². The van der Waals surface area contributed by atoms with Gasteiger partial charge in [-0.25, -0.2) is 4.79 Å². The van der Waals surface area contributed by atoms with Crippen LogP contribution in [0.25, 0.3) is 0 Å². The number of azo groups is 1. The Morgan fingerprint density at radius 2 is 1.65 bits per heavy atom. The van der Waals surface area contributed by atoms with E-state index < -0.39 is 11.6 Å². The number of hydrogen-bond acceptors (Lipinski definition) is 3. The molecule has 0 bridgehead atoms. The van der Waals surface area contributed by atoms with Crippen LogP contribution in [-0.4, -0.2) is 11.6 Å². The van der Waals surface area contributed by atoms with Crippen LogP contribution in [0, 0.1) is 22.2 Å². The molecule has 0 atom stereocenters. The molecule has 0 heterocycles. The lowest BCUT2D eigenvalue weighted by molar-refractivity contribution is 0.0709. The SMILES string of the molecule is CC1(C)CC(C)(C)CC(C#N)(N=NC(N)=O)C1. The third kappa shape index (κ3) is 3.52. The first-order valence-electron chi connectivity index (χ1n) is 5.73. The van der Waals surface area contributed by atoms with Crippen LogP contribution in [0.15, 0.2) is 10.2 Å². The summed E-state index contributed by atoms with van der Waals surface area (Å²) in [5, 5.41) is 16.6. The van der Waals surface area contributed by atoms with Gasteiger partial charge in [-0.2, -0.15) is 10.4 Å². The summed E-state index contributed by atoms with van der Waals surface area (Å²) >= 11 is 0. The predicted molar refractivity (Wildman–Crippen MR) is 64.2 cm³/mol. The average molecular weight is 236 g/mol. The van der Waals surface area contributed by atoms with Crippen LogP contribution in [0.1, 0.15) is 47.0 Å². The monoisotopic (exact) mass is 236 g/mol. The fourth-order valence-corrected chi connectivity index (χ4v) is 3.38. The summed E-state index contributed by atoms with van der Waals surface area (Å²) in [5.41, 5.74) is 4.05. The van der Waals surface area contributed by atoms with E-state index in [-0.39, 0.29) is 10.8 Å². The maximum absolute atomic E-state index is 10.7. The minimum absolute atomic E-state index is 0.00808. The summed E-state index contributed by atoms with van der Waals surface area (Å²) in [7, 11) is 0. The van der Waals surface area contributed by atoms with Gasteiger partial charge >= 0.3 is 6.03 Å². The first kappa shape index (κ1) is 13.6. The number of nitriles is 1. The summed E-state index contributed by atoms with van der Waals surface area (Å²) in [6.45, 7) is 8.44. The van der Waals surface area contributed by atoms with Crippen molar-refractivity contribution < 1.29 is 4.79 Å². The Hall–Kier alpha value is -1.44. The normalized spacial score (nSPS) is 25.4. The molecule has 1 saturated carbocycles. The minimum Gasteiger partial charge on any atom is -0.348 e. The van der Waals surface area contributed by atoms with Gasteiger partial charge in [-0.3, -0.25) is 0 Å². The number of nitrogens with zero attached hydrogens (tertiary/aromatic N) is 3. The highest BCUT2D eigenvalue weighted by molar-refractivity contribution is 5.71. The van der Waals surface area contributed by atoms with E-state index in [0.717, 1.165) is 6.42 Å². The van der Waals surface area contributed by atoms with E-state index in [2.05, 4.69) is 44.0 Å². The fraction of sp³-hybridized carbons (Fsp3) is 0.833. The molecular formula is C12H20N4O. The van der Waals surface area contributed by atoms with E-state index in [9.17, 15) is 10.1 Å². The molecule has 1 aliphatic carbocycles. The minimum atomic E-state index is -0.916. The first-order chi connectivity index (χ1) is 7.60. The lowest BCUT2D eigenvalue weighted by atomic mass is 9.59. The largest absolute Gasteiger partial charge is 0.356 e. The van der Waals surface area contributed by atoms with Gasteiger partial charge < -0.3 is 5.73 Å². The van der Waals surface area contributed by atoms with E-state index in [1.165, 1.54) is 0 Å². The molecule has 0 aromatic carbocycles. The van der Waals surface area contributed by atoms with Gasteiger partial charge in [0.2, 0.25) is 0 Å². The van der Waals surface area contributed by atoms with Crippen LogP contribution < -0.4 is 5.73 Å². The molecule has 2 amide bonds. The fourth-order valence-electron chi connectivity index (χ4n) is 3.38. The number of rotatable bonds is 1. The van der Waals surface area contributed by atoms with Crippen LogP contribution in [0.4, 0.5) is 4.79 Å². The molecular weight excluding hydrogens is 216 g/mol. The van der Waals surface area contributed by atoms with Gasteiger partial charge in [-0.15, -0.1) is 0 Å². The standard InChI is InChI=1S/C12H20N4O/c1-10(2)5-11(3,4)7-12(6-10,8-13)16-15-9(14)17/h5-7H2,1-4H3,(H2,14,17). The van der Waals surface area contributed by atoms with Gasteiger partial charge in [0, 0.05) is 0 Å². The van der Waals surface area contributed by atoms with Gasteiger partial charge in [0.25, 0.3) is 0 Å². The predicted octanol–water partition coefficient (Wildman–Crippen LogP) is 3.02. The Morgan fingerprint density at radius 3 is 2.00 bits per heavy atom. The van der Waals surface area contributed by atoms with Gasteiger partial charge in [-0.1, -0.05) is 32.8 Å². The van der Waals surface area contributed by atoms with Crippen molar-refractivity contribution in [1.29, 1.82) is 5.26 Å². The lowest BCUT2D eigenvalue weighted by Gasteiger charge is -2.46. The van der Waals surface area contributed by atoms with Crippen molar-refractivity contribution in [3.05, 3.63) is 0 Å². The van der Waals surface area contributed by atoms with Crippen molar-refractivity contribution in [2.75, 3.05) is 0 Å². The molecule has 0 aromatic rings. The maximum atomic E-state index is 10.7. The molecule has 0 aromatic heterocycles. The second-order valence-corrected chi connectivity index (χ2v) is 6.54. The summed E-state index contributed by atoms with van der Waals surface area (Å²) in [4.78, 5) is 10.7. The zero-order chi connectivity index (χ0) is 13.3. The van der Waals surface area contributed by atoms with Crippen LogP contribution in [-0.2, 0) is 0 Å². The topological polar surface area (TPSA) is 91.6 Å². The summed E-state index contributed by atoms with van der Waals surface area (Å²) < 4.78 is 0. The number of nitrogens with two attached hydrogens (primary N) is 1. The molecule has 0 radical (unpaired) electrons. The van der Waals surface area contributed by atoms with Gasteiger partial charge in [0.05, 0.1) is 6.07 Å². The molecule has 94 valence electrons. The highest BCUT2D eigenvalue weighted by Crippen LogP contribution is 2.51.